The first-order chi connectivity index (χ1) is 11.8. The molecule has 136 valence electrons. The Bertz CT molecular complexity index is 772. The molecule has 25 heavy (non-hydrogen) atoms. The SMILES string of the molecule is CCN(C(=O)C1(C(=O)N(C)C2CCS(=O)(=O)C2)CC1)c1ccccc1. The molecule has 2 fully saturated rings. The third kappa shape index (κ3) is 3.29. The molecule has 1 aliphatic carbocycles. The number of hydrogen-bond donors (Lipinski definition) is 0. The van der Waals surface area contributed by atoms with Gasteiger partial charge in [0, 0.05) is 25.3 Å². The van der Waals surface area contributed by atoms with Crippen LogP contribution < -0.4 is 4.90 Å². The van der Waals surface area contributed by atoms with Crippen molar-refractivity contribution in [3.63, 3.8) is 0 Å². The number of carbonyl (C=O) groups excluding carboxylic acids is 2. The Labute approximate surface area is 148 Å². The second kappa shape index (κ2) is 6.44. The topological polar surface area (TPSA) is 74.8 Å². The quantitative estimate of drug-likeness (QED) is 0.742. The van der Waals surface area contributed by atoms with Crippen molar-refractivity contribution in [3.8, 4) is 0 Å². The first-order valence-corrected chi connectivity index (χ1v) is 10.5. The minimum atomic E-state index is -3.07. The number of nitrogens with zero attached hydrogens (tertiary/aromatic N) is 2. The van der Waals surface area contributed by atoms with Crippen molar-refractivity contribution >= 4 is 27.3 Å². The van der Waals surface area contributed by atoms with Crippen LogP contribution in [0.25, 0.3) is 0 Å². The minimum Gasteiger partial charge on any atom is -0.341 e. The molecule has 1 aromatic rings. The van der Waals surface area contributed by atoms with Crippen molar-refractivity contribution in [2.75, 3.05) is 30.0 Å². The Morgan fingerprint density at radius 1 is 1.16 bits per heavy atom. The summed E-state index contributed by atoms with van der Waals surface area (Å²) in [6.45, 7) is 2.37. The maximum atomic E-state index is 13.1. The van der Waals surface area contributed by atoms with Gasteiger partial charge in [0.25, 0.3) is 0 Å². The van der Waals surface area contributed by atoms with E-state index in [4.69, 9.17) is 0 Å². The van der Waals surface area contributed by atoms with Crippen LogP contribution >= 0.6 is 0 Å². The van der Waals surface area contributed by atoms with Gasteiger partial charge in [-0.2, -0.15) is 0 Å². The molecule has 0 aromatic heterocycles. The summed E-state index contributed by atoms with van der Waals surface area (Å²) < 4.78 is 23.4. The van der Waals surface area contributed by atoms with E-state index < -0.39 is 15.3 Å². The molecule has 2 amide bonds. The Morgan fingerprint density at radius 3 is 2.28 bits per heavy atom. The van der Waals surface area contributed by atoms with Gasteiger partial charge in [-0.1, -0.05) is 18.2 Å². The molecule has 1 aromatic carbocycles. The lowest BCUT2D eigenvalue weighted by Gasteiger charge is -2.31. The fourth-order valence-electron chi connectivity index (χ4n) is 3.54. The van der Waals surface area contributed by atoms with Crippen LogP contribution in [0.2, 0.25) is 0 Å². The Balaban J connectivity index is 1.79. The van der Waals surface area contributed by atoms with Crippen LogP contribution in [0.15, 0.2) is 30.3 Å². The minimum absolute atomic E-state index is 0.00428. The van der Waals surface area contributed by atoms with Crippen molar-refractivity contribution in [3.05, 3.63) is 30.3 Å². The van der Waals surface area contributed by atoms with Gasteiger partial charge in [-0.15, -0.1) is 0 Å². The fourth-order valence-corrected chi connectivity index (χ4v) is 5.31. The molecule has 1 saturated heterocycles. The number of para-hydroxylation sites is 1. The van der Waals surface area contributed by atoms with E-state index in [0.29, 0.717) is 25.8 Å². The van der Waals surface area contributed by atoms with E-state index in [1.807, 2.05) is 37.3 Å². The zero-order valence-corrected chi connectivity index (χ0v) is 15.5. The van der Waals surface area contributed by atoms with Crippen molar-refractivity contribution in [2.24, 2.45) is 5.41 Å². The molecule has 0 radical (unpaired) electrons. The van der Waals surface area contributed by atoms with Gasteiger partial charge in [-0.25, -0.2) is 8.42 Å². The lowest BCUT2D eigenvalue weighted by atomic mass is 10.0. The molecule has 7 heteroatoms. The molecule has 3 rings (SSSR count). The predicted octanol–water partition coefficient (Wildman–Crippen LogP) is 1.47. The van der Waals surface area contributed by atoms with E-state index in [-0.39, 0.29) is 29.4 Å². The second-order valence-corrected chi connectivity index (χ2v) is 9.17. The number of hydrogen-bond acceptors (Lipinski definition) is 4. The van der Waals surface area contributed by atoms with E-state index in [1.54, 1.807) is 11.9 Å². The summed E-state index contributed by atoms with van der Waals surface area (Å²) in [7, 11) is -1.45. The molecule has 0 spiro atoms. The highest BCUT2D eigenvalue weighted by Gasteiger charge is 2.59. The van der Waals surface area contributed by atoms with E-state index in [0.717, 1.165) is 5.69 Å². The molecule has 0 N–H and O–H groups in total. The number of benzene rings is 1. The maximum absolute atomic E-state index is 13.1. The zero-order chi connectivity index (χ0) is 18.2. The van der Waals surface area contributed by atoms with Crippen LogP contribution in [0.1, 0.15) is 26.2 Å². The van der Waals surface area contributed by atoms with E-state index in [1.165, 1.54) is 4.90 Å². The molecule has 1 unspecified atom stereocenters. The second-order valence-electron chi connectivity index (χ2n) is 6.94. The molecule has 2 aliphatic rings. The number of anilines is 1. The maximum Gasteiger partial charge on any atom is 0.242 e. The van der Waals surface area contributed by atoms with Crippen molar-refractivity contribution in [1.82, 2.24) is 4.90 Å². The first kappa shape index (κ1) is 17.9. The van der Waals surface area contributed by atoms with Gasteiger partial charge >= 0.3 is 0 Å². The fraction of sp³-hybridized carbons (Fsp3) is 0.556. The summed E-state index contributed by atoms with van der Waals surface area (Å²) in [6, 6.07) is 9.00. The third-order valence-electron chi connectivity index (χ3n) is 5.27. The number of rotatable bonds is 5. The Hall–Kier alpha value is -1.89. The van der Waals surface area contributed by atoms with Gasteiger partial charge in [0.15, 0.2) is 9.84 Å². The van der Waals surface area contributed by atoms with Crippen LogP contribution in [-0.2, 0) is 19.4 Å². The molecule has 6 nitrogen and oxygen atoms in total. The highest BCUT2D eigenvalue weighted by molar-refractivity contribution is 7.91. The highest BCUT2D eigenvalue weighted by Crippen LogP contribution is 2.49. The van der Waals surface area contributed by atoms with Gasteiger partial charge in [-0.3, -0.25) is 9.59 Å². The summed E-state index contributed by atoms with van der Waals surface area (Å²) in [4.78, 5) is 29.2. The molecule has 1 atom stereocenters. The average Bonchev–Trinajstić information content (AvgIpc) is 3.33. The monoisotopic (exact) mass is 364 g/mol. The number of carbonyl (C=O) groups is 2. The number of amides is 2. The van der Waals surface area contributed by atoms with Gasteiger partial charge in [0.1, 0.15) is 5.41 Å². The van der Waals surface area contributed by atoms with Gasteiger partial charge in [0.2, 0.25) is 11.8 Å². The standard InChI is InChI=1S/C18H24N2O4S/c1-3-20(14-7-5-4-6-8-14)17(22)18(10-11-18)16(21)19(2)15-9-12-25(23,24)13-15/h4-8,15H,3,9-13H2,1-2H3. The average molecular weight is 364 g/mol. The van der Waals surface area contributed by atoms with Crippen LogP contribution in [0.4, 0.5) is 5.69 Å². The lowest BCUT2D eigenvalue weighted by Crippen LogP contribution is -2.49. The summed E-state index contributed by atoms with van der Waals surface area (Å²) in [5, 5.41) is 0. The highest BCUT2D eigenvalue weighted by atomic mass is 32.2. The van der Waals surface area contributed by atoms with Crippen molar-refractivity contribution in [2.45, 2.75) is 32.2 Å². The van der Waals surface area contributed by atoms with Gasteiger partial charge in [0.05, 0.1) is 11.5 Å². The molecule has 1 aliphatic heterocycles. The van der Waals surface area contributed by atoms with Crippen LogP contribution in [0.3, 0.4) is 0 Å². The molecular formula is C18H24N2O4S. The smallest absolute Gasteiger partial charge is 0.242 e. The Kier molecular flexibility index (Phi) is 4.62. The summed E-state index contributed by atoms with van der Waals surface area (Å²) in [5.74, 6) is -0.315. The van der Waals surface area contributed by atoms with Crippen molar-refractivity contribution < 1.29 is 18.0 Å². The number of sulfone groups is 1. The summed E-state index contributed by atoms with van der Waals surface area (Å²) >= 11 is 0. The molecule has 1 heterocycles. The van der Waals surface area contributed by atoms with Crippen LogP contribution in [0, 0.1) is 5.41 Å². The summed E-state index contributed by atoms with van der Waals surface area (Å²) in [5.41, 5.74) is -0.243. The lowest BCUT2D eigenvalue weighted by molar-refractivity contribution is -0.143. The van der Waals surface area contributed by atoms with E-state index in [9.17, 15) is 18.0 Å². The zero-order valence-electron chi connectivity index (χ0n) is 14.6. The third-order valence-corrected chi connectivity index (χ3v) is 7.02. The molecular weight excluding hydrogens is 340 g/mol. The largest absolute Gasteiger partial charge is 0.341 e. The Morgan fingerprint density at radius 2 is 1.80 bits per heavy atom. The van der Waals surface area contributed by atoms with Gasteiger partial charge in [-0.05, 0) is 38.3 Å². The predicted molar refractivity (Wildman–Crippen MR) is 96.0 cm³/mol. The molecule has 1 saturated carbocycles. The van der Waals surface area contributed by atoms with E-state index >= 15 is 0 Å². The van der Waals surface area contributed by atoms with Crippen LogP contribution in [-0.4, -0.2) is 56.3 Å². The van der Waals surface area contributed by atoms with Crippen molar-refractivity contribution in [1.29, 1.82) is 0 Å². The summed E-state index contributed by atoms with van der Waals surface area (Å²) in [6.07, 6.45) is 1.50. The van der Waals surface area contributed by atoms with Crippen LogP contribution in [0.5, 0.6) is 0 Å². The van der Waals surface area contributed by atoms with E-state index in [2.05, 4.69) is 0 Å². The van der Waals surface area contributed by atoms with Gasteiger partial charge < -0.3 is 9.80 Å². The normalized spacial score (nSPS) is 23.0. The first-order valence-electron chi connectivity index (χ1n) is 8.65. The molecule has 0 bridgehead atoms.